The number of halogens is 1. The quantitative estimate of drug-likeness (QED) is 0.688. The molecule has 28 heavy (non-hydrogen) atoms. The van der Waals surface area contributed by atoms with Crippen molar-refractivity contribution in [3.05, 3.63) is 39.4 Å². The smallest absolute Gasteiger partial charge is 0.293 e. The molecule has 8 nitrogen and oxygen atoms in total. The largest absolute Gasteiger partial charge is 0.397 e. The Labute approximate surface area is 172 Å². The standard InChI is InChI=1S/C19H25BrN6O2/c1-12-8-25(14-10-28-11-14)5-6-26(12)16-4-3-13(7-15(16)21)22-18-19(27)24(2)9-17(20)23-18/h3-4,7,9,12,14H,5-6,8,10-11,21H2,1-2H3,(H,22,23)/t12-/m0/s1. The van der Waals surface area contributed by atoms with Gasteiger partial charge in [0.2, 0.25) is 0 Å². The monoisotopic (exact) mass is 448 g/mol. The van der Waals surface area contributed by atoms with E-state index in [0.717, 1.165) is 44.2 Å². The molecule has 1 aromatic carbocycles. The molecule has 0 spiro atoms. The molecule has 1 aromatic heterocycles. The zero-order chi connectivity index (χ0) is 19.8. The van der Waals surface area contributed by atoms with E-state index in [9.17, 15) is 4.79 Å². The van der Waals surface area contributed by atoms with Crippen molar-refractivity contribution in [2.45, 2.75) is 19.0 Å². The van der Waals surface area contributed by atoms with E-state index in [2.05, 4.69) is 43.0 Å². The van der Waals surface area contributed by atoms with E-state index in [1.54, 1.807) is 13.2 Å². The minimum Gasteiger partial charge on any atom is -0.397 e. The van der Waals surface area contributed by atoms with Crippen LogP contribution < -0.4 is 21.5 Å². The number of nitrogens with one attached hydrogen (secondary N) is 1. The van der Waals surface area contributed by atoms with E-state index < -0.39 is 0 Å². The summed E-state index contributed by atoms with van der Waals surface area (Å²) in [6.07, 6.45) is 1.63. The van der Waals surface area contributed by atoms with Crippen LogP contribution in [0, 0.1) is 0 Å². The first-order valence-corrected chi connectivity index (χ1v) is 10.2. The van der Waals surface area contributed by atoms with Gasteiger partial charge >= 0.3 is 0 Å². The fourth-order valence-corrected chi connectivity index (χ4v) is 4.27. The Hall–Kier alpha value is -2.10. The third-order valence-electron chi connectivity index (χ3n) is 5.44. The van der Waals surface area contributed by atoms with Crippen molar-refractivity contribution in [2.24, 2.45) is 7.05 Å². The summed E-state index contributed by atoms with van der Waals surface area (Å²) < 4.78 is 7.39. The lowest BCUT2D eigenvalue weighted by molar-refractivity contribution is -0.0691. The molecule has 9 heteroatoms. The average molecular weight is 449 g/mol. The van der Waals surface area contributed by atoms with Gasteiger partial charge in [-0.05, 0) is 41.1 Å². The number of rotatable bonds is 4. The normalized spacial score (nSPS) is 20.8. The molecule has 2 aliphatic rings. The van der Waals surface area contributed by atoms with Gasteiger partial charge < -0.3 is 25.3 Å². The maximum atomic E-state index is 12.2. The number of hydrogen-bond donors (Lipinski definition) is 2. The Balaban J connectivity index is 1.50. The predicted molar refractivity (Wildman–Crippen MR) is 114 cm³/mol. The van der Waals surface area contributed by atoms with Crippen molar-refractivity contribution in [3.8, 4) is 0 Å². The highest BCUT2D eigenvalue weighted by molar-refractivity contribution is 9.10. The molecule has 150 valence electrons. The minimum absolute atomic E-state index is 0.199. The van der Waals surface area contributed by atoms with Crippen LogP contribution in [-0.2, 0) is 11.8 Å². The first-order valence-electron chi connectivity index (χ1n) is 9.40. The van der Waals surface area contributed by atoms with Crippen molar-refractivity contribution in [2.75, 3.05) is 48.8 Å². The summed E-state index contributed by atoms with van der Waals surface area (Å²) >= 11 is 3.32. The Kier molecular flexibility index (Phi) is 5.31. The Bertz CT molecular complexity index is 929. The van der Waals surface area contributed by atoms with Gasteiger partial charge in [0.15, 0.2) is 5.82 Å². The molecule has 4 rings (SSSR count). The van der Waals surface area contributed by atoms with E-state index >= 15 is 0 Å². The van der Waals surface area contributed by atoms with Gasteiger partial charge in [-0.15, -0.1) is 0 Å². The summed E-state index contributed by atoms with van der Waals surface area (Å²) in [5, 5.41) is 3.08. The number of benzene rings is 1. The van der Waals surface area contributed by atoms with E-state index in [4.69, 9.17) is 10.5 Å². The van der Waals surface area contributed by atoms with Crippen LogP contribution in [0.5, 0.6) is 0 Å². The summed E-state index contributed by atoms with van der Waals surface area (Å²) in [5.74, 6) is 0.258. The second-order valence-corrected chi connectivity index (χ2v) is 8.27. The van der Waals surface area contributed by atoms with Crippen molar-refractivity contribution in [1.29, 1.82) is 0 Å². The van der Waals surface area contributed by atoms with Crippen molar-refractivity contribution in [3.63, 3.8) is 0 Å². The molecular formula is C19H25BrN6O2. The maximum absolute atomic E-state index is 12.2. The number of piperazine rings is 1. The SMILES string of the molecule is C[C@H]1CN(C2COC2)CCN1c1ccc(Nc2nc(Br)cn(C)c2=O)cc1N. The van der Waals surface area contributed by atoms with Gasteiger partial charge in [0, 0.05) is 44.6 Å². The zero-order valence-corrected chi connectivity index (χ0v) is 17.6. The summed E-state index contributed by atoms with van der Waals surface area (Å²) in [6, 6.07) is 6.74. The van der Waals surface area contributed by atoms with Crippen LogP contribution >= 0.6 is 15.9 Å². The van der Waals surface area contributed by atoms with Gasteiger partial charge in [-0.3, -0.25) is 9.69 Å². The highest BCUT2D eigenvalue weighted by atomic mass is 79.9. The average Bonchev–Trinajstić information content (AvgIpc) is 2.59. The zero-order valence-electron chi connectivity index (χ0n) is 16.1. The van der Waals surface area contributed by atoms with Crippen molar-refractivity contribution >= 4 is 38.8 Å². The fourth-order valence-electron chi connectivity index (χ4n) is 3.79. The number of aryl methyl sites for hydroxylation is 1. The van der Waals surface area contributed by atoms with Gasteiger partial charge in [-0.25, -0.2) is 4.98 Å². The number of anilines is 4. The topological polar surface area (TPSA) is 88.7 Å². The summed E-state index contributed by atoms with van der Waals surface area (Å²) in [5.41, 5.74) is 8.62. The molecule has 0 unspecified atom stereocenters. The van der Waals surface area contributed by atoms with Crippen molar-refractivity contribution in [1.82, 2.24) is 14.5 Å². The molecule has 2 aliphatic heterocycles. The van der Waals surface area contributed by atoms with Crippen LogP contribution in [0.15, 0.2) is 33.8 Å². The van der Waals surface area contributed by atoms with Gasteiger partial charge in [0.05, 0.1) is 30.6 Å². The lowest BCUT2D eigenvalue weighted by Gasteiger charge is -2.46. The summed E-state index contributed by atoms with van der Waals surface area (Å²) in [4.78, 5) is 21.3. The van der Waals surface area contributed by atoms with E-state index in [-0.39, 0.29) is 11.4 Å². The highest BCUT2D eigenvalue weighted by Gasteiger charge is 2.32. The number of nitrogen functional groups attached to an aromatic ring is 1. The van der Waals surface area contributed by atoms with Crippen LogP contribution in [0.4, 0.5) is 22.9 Å². The van der Waals surface area contributed by atoms with Crippen LogP contribution in [0.1, 0.15) is 6.92 Å². The first-order chi connectivity index (χ1) is 13.4. The first kappa shape index (κ1) is 19.2. The van der Waals surface area contributed by atoms with Crippen molar-refractivity contribution < 1.29 is 4.74 Å². The molecule has 0 saturated carbocycles. The van der Waals surface area contributed by atoms with Gasteiger partial charge in [0.25, 0.3) is 5.56 Å². The predicted octanol–water partition coefficient (Wildman–Crippen LogP) is 1.78. The van der Waals surface area contributed by atoms with E-state index in [1.165, 1.54) is 4.57 Å². The van der Waals surface area contributed by atoms with Crippen LogP contribution in [0.25, 0.3) is 0 Å². The second-order valence-electron chi connectivity index (χ2n) is 7.46. The summed E-state index contributed by atoms with van der Waals surface area (Å²) in [6.45, 7) is 6.87. The van der Waals surface area contributed by atoms with E-state index in [1.807, 2.05) is 18.2 Å². The molecule has 1 atom stereocenters. The van der Waals surface area contributed by atoms with Crippen LogP contribution in [0.3, 0.4) is 0 Å². The third-order valence-corrected chi connectivity index (χ3v) is 5.82. The Morgan fingerprint density at radius 1 is 1.32 bits per heavy atom. The lowest BCUT2D eigenvalue weighted by atomic mass is 10.1. The van der Waals surface area contributed by atoms with Gasteiger partial charge in [0.1, 0.15) is 4.60 Å². The number of hydrogen-bond acceptors (Lipinski definition) is 7. The lowest BCUT2D eigenvalue weighted by Crippen LogP contribution is -2.59. The molecule has 2 fully saturated rings. The van der Waals surface area contributed by atoms with Crippen LogP contribution in [-0.4, -0.2) is 59.4 Å². The highest BCUT2D eigenvalue weighted by Crippen LogP contribution is 2.31. The summed E-state index contributed by atoms with van der Waals surface area (Å²) in [7, 11) is 1.69. The van der Waals surface area contributed by atoms with Crippen LogP contribution in [0.2, 0.25) is 0 Å². The third kappa shape index (κ3) is 3.74. The minimum atomic E-state index is -0.199. The molecule has 2 saturated heterocycles. The molecule has 2 aromatic rings. The Morgan fingerprint density at radius 2 is 2.11 bits per heavy atom. The van der Waals surface area contributed by atoms with Gasteiger partial charge in [-0.1, -0.05) is 0 Å². The molecule has 3 heterocycles. The molecule has 0 aliphatic carbocycles. The molecule has 0 bridgehead atoms. The second kappa shape index (κ2) is 7.73. The molecule has 0 amide bonds. The van der Waals surface area contributed by atoms with Gasteiger partial charge in [-0.2, -0.15) is 0 Å². The van der Waals surface area contributed by atoms with E-state index in [0.29, 0.717) is 22.4 Å². The number of nitrogens with two attached hydrogens (primary N) is 1. The molecular weight excluding hydrogens is 424 g/mol. The molecule has 0 radical (unpaired) electrons. The number of aromatic nitrogens is 2. The maximum Gasteiger partial charge on any atom is 0.293 e. The number of ether oxygens (including phenoxy) is 1. The number of nitrogens with zero attached hydrogens (tertiary/aromatic N) is 4. The Morgan fingerprint density at radius 3 is 2.75 bits per heavy atom. The molecule has 3 N–H and O–H groups in total. The fraction of sp³-hybridized carbons (Fsp3) is 0.474.